The molecule has 3 aliphatic heterocycles. The van der Waals surface area contributed by atoms with E-state index in [0.29, 0.717) is 19.0 Å². The molecule has 0 spiro atoms. The first-order chi connectivity index (χ1) is 14.1. The number of aliphatic hydroxyl groups is 4. The van der Waals surface area contributed by atoms with Gasteiger partial charge in [-0.25, -0.2) is 0 Å². The first kappa shape index (κ1) is 19.8. The number of aryl methyl sites for hydroxylation is 2. The minimum Gasteiger partial charge on any atom is -0.396 e. The van der Waals surface area contributed by atoms with Gasteiger partial charge in [-0.3, -0.25) is 10.2 Å². The fourth-order valence-electron chi connectivity index (χ4n) is 5.53. The summed E-state index contributed by atoms with van der Waals surface area (Å²) in [6.07, 6.45) is -1.09. The molecule has 0 radical (unpaired) electrons. The van der Waals surface area contributed by atoms with Crippen molar-refractivity contribution in [1.82, 2.24) is 15.5 Å². The Balaban J connectivity index is 1.31. The Hall–Kier alpha value is -1.10. The zero-order valence-electron chi connectivity index (χ0n) is 16.4. The van der Waals surface area contributed by atoms with Gasteiger partial charge in [0.05, 0.1) is 6.17 Å². The Morgan fingerprint density at radius 2 is 1.97 bits per heavy atom. The van der Waals surface area contributed by atoms with E-state index in [4.69, 9.17) is 4.74 Å². The Kier molecular flexibility index (Phi) is 5.38. The SMILES string of the molecule is OCCC1NCNC2C1CCN2[C@@H]1O[C@H]([C@H](O)c2ccc3c(c2)CC3)[C@@H](O)[C@H]1O. The average Bonchev–Trinajstić information content (AvgIpc) is 3.25. The summed E-state index contributed by atoms with van der Waals surface area (Å²) in [6, 6.07) is 6.11. The average molecular weight is 405 g/mol. The van der Waals surface area contributed by atoms with Gasteiger partial charge in [-0.1, -0.05) is 18.2 Å². The number of aliphatic hydroxyl groups excluding tert-OH is 4. The van der Waals surface area contributed by atoms with Crippen molar-refractivity contribution in [3.05, 3.63) is 34.9 Å². The van der Waals surface area contributed by atoms with Crippen molar-refractivity contribution in [3.63, 3.8) is 0 Å². The molecule has 8 atom stereocenters. The highest BCUT2D eigenvalue weighted by molar-refractivity contribution is 5.39. The van der Waals surface area contributed by atoms with E-state index in [1.807, 2.05) is 18.2 Å². The van der Waals surface area contributed by atoms with Crippen LogP contribution in [0.4, 0.5) is 0 Å². The lowest BCUT2D eigenvalue weighted by Gasteiger charge is -2.40. The van der Waals surface area contributed by atoms with Crippen molar-refractivity contribution < 1.29 is 25.2 Å². The predicted molar refractivity (Wildman–Crippen MR) is 105 cm³/mol. The van der Waals surface area contributed by atoms with Gasteiger partial charge in [0.15, 0.2) is 0 Å². The molecule has 0 amide bonds. The largest absolute Gasteiger partial charge is 0.396 e. The normalized spacial score (nSPS) is 40.3. The van der Waals surface area contributed by atoms with Crippen LogP contribution in [0, 0.1) is 5.92 Å². The van der Waals surface area contributed by atoms with Crippen molar-refractivity contribution in [2.75, 3.05) is 19.8 Å². The third-order valence-corrected chi connectivity index (χ3v) is 7.26. The van der Waals surface area contributed by atoms with Crippen LogP contribution in [0.15, 0.2) is 18.2 Å². The molecule has 3 fully saturated rings. The van der Waals surface area contributed by atoms with Gasteiger partial charge >= 0.3 is 0 Å². The summed E-state index contributed by atoms with van der Waals surface area (Å²) in [5, 5.41) is 48.5. The van der Waals surface area contributed by atoms with Crippen LogP contribution in [0.3, 0.4) is 0 Å². The smallest absolute Gasteiger partial charge is 0.141 e. The number of benzene rings is 1. The van der Waals surface area contributed by atoms with Crippen molar-refractivity contribution in [3.8, 4) is 0 Å². The summed E-state index contributed by atoms with van der Waals surface area (Å²) in [6.45, 7) is 1.48. The number of nitrogens with one attached hydrogen (secondary N) is 2. The van der Waals surface area contributed by atoms with Gasteiger partial charge in [0.2, 0.25) is 0 Å². The number of likely N-dealkylation sites (tertiary alicyclic amines) is 1. The van der Waals surface area contributed by atoms with Crippen molar-refractivity contribution in [2.45, 2.75) is 68.5 Å². The van der Waals surface area contributed by atoms with Crippen LogP contribution in [0.2, 0.25) is 0 Å². The molecule has 6 N–H and O–H groups in total. The summed E-state index contributed by atoms with van der Waals surface area (Å²) >= 11 is 0. The summed E-state index contributed by atoms with van der Waals surface area (Å²) in [5.74, 6) is 0.292. The van der Waals surface area contributed by atoms with E-state index in [-0.39, 0.29) is 18.8 Å². The lowest BCUT2D eigenvalue weighted by molar-refractivity contribution is -0.128. The Labute approximate surface area is 170 Å². The minimum absolute atomic E-state index is 0.00650. The number of rotatable bonds is 5. The second-order valence-corrected chi connectivity index (χ2v) is 8.78. The molecule has 3 saturated heterocycles. The van der Waals surface area contributed by atoms with E-state index >= 15 is 0 Å². The fraction of sp³-hybridized carbons (Fsp3) is 0.714. The van der Waals surface area contributed by atoms with E-state index in [1.54, 1.807) is 0 Å². The van der Waals surface area contributed by atoms with Gasteiger partial charge < -0.3 is 30.5 Å². The number of hydrogen-bond donors (Lipinski definition) is 6. The fourth-order valence-corrected chi connectivity index (χ4v) is 5.53. The molecule has 3 heterocycles. The molecule has 5 rings (SSSR count). The minimum atomic E-state index is -1.16. The van der Waals surface area contributed by atoms with E-state index in [2.05, 4.69) is 15.5 Å². The van der Waals surface area contributed by atoms with Gasteiger partial charge in [-0.15, -0.1) is 0 Å². The summed E-state index contributed by atoms with van der Waals surface area (Å²) in [4.78, 5) is 2.06. The maximum atomic E-state index is 10.9. The van der Waals surface area contributed by atoms with Crippen LogP contribution in [-0.4, -0.2) is 81.9 Å². The Morgan fingerprint density at radius 1 is 1.14 bits per heavy atom. The second-order valence-electron chi connectivity index (χ2n) is 8.78. The standard InChI is InChI=1S/C21H31N3O5/c25-8-6-15-14-5-7-24(20(14)23-10-22-15)21-18(28)17(27)19(29-21)16(26)13-4-2-11-1-3-12(11)9-13/h2,4,9,14-23,25-28H,1,3,5-8,10H2/t14?,15?,16-,17+,18-,19-,20?,21-/m1/s1. The maximum Gasteiger partial charge on any atom is 0.141 e. The molecule has 29 heavy (non-hydrogen) atoms. The van der Waals surface area contributed by atoms with Gasteiger partial charge in [-0.05, 0) is 42.4 Å². The Morgan fingerprint density at radius 3 is 2.69 bits per heavy atom. The summed E-state index contributed by atoms with van der Waals surface area (Å²) < 4.78 is 6.08. The number of nitrogens with zero attached hydrogens (tertiary/aromatic N) is 1. The third-order valence-electron chi connectivity index (χ3n) is 7.26. The molecule has 1 aromatic rings. The predicted octanol–water partition coefficient (Wildman–Crippen LogP) is -1.19. The van der Waals surface area contributed by atoms with Crippen LogP contribution in [0.1, 0.15) is 35.6 Å². The van der Waals surface area contributed by atoms with Crippen LogP contribution < -0.4 is 10.6 Å². The molecule has 0 saturated carbocycles. The molecular weight excluding hydrogens is 374 g/mol. The topological polar surface area (TPSA) is 117 Å². The maximum absolute atomic E-state index is 10.9. The van der Waals surface area contributed by atoms with E-state index < -0.39 is 30.6 Å². The monoisotopic (exact) mass is 405 g/mol. The molecule has 1 aromatic carbocycles. The number of ether oxygens (including phenoxy) is 1. The zero-order valence-corrected chi connectivity index (χ0v) is 16.4. The molecule has 1 aliphatic carbocycles. The molecule has 4 aliphatic rings. The zero-order chi connectivity index (χ0) is 20.1. The molecule has 8 nitrogen and oxygen atoms in total. The van der Waals surface area contributed by atoms with Crippen molar-refractivity contribution in [2.24, 2.45) is 5.92 Å². The molecular formula is C21H31N3O5. The quantitative estimate of drug-likeness (QED) is 0.362. The Bertz CT molecular complexity index is 747. The van der Waals surface area contributed by atoms with Crippen LogP contribution >= 0.6 is 0 Å². The molecule has 3 unspecified atom stereocenters. The van der Waals surface area contributed by atoms with Crippen LogP contribution in [-0.2, 0) is 17.6 Å². The summed E-state index contributed by atoms with van der Waals surface area (Å²) in [7, 11) is 0. The first-order valence-corrected chi connectivity index (χ1v) is 10.7. The number of fused-ring (bicyclic) bond motifs is 2. The highest BCUT2D eigenvalue weighted by atomic mass is 16.6. The molecule has 0 bridgehead atoms. The van der Waals surface area contributed by atoms with Gasteiger partial charge in [0.25, 0.3) is 0 Å². The third kappa shape index (κ3) is 3.32. The van der Waals surface area contributed by atoms with Crippen LogP contribution in [0.5, 0.6) is 0 Å². The molecule has 160 valence electrons. The van der Waals surface area contributed by atoms with Crippen LogP contribution in [0.25, 0.3) is 0 Å². The molecule has 8 heteroatoms. The van der Waals surface area contributed by atoms with Gasteiger partial charge in [-0.2, -0.15) is 0 Å². The summed E-state index contributed by atoms with van der Waals surface area (Å²) in [5.41, 5.74) is 3.27. The number of hydrogen-bond acceptors (Lipinski definition) is 8. The van der Waals surface area contributed by atoms with E-state index in [9.17, 15) is 20.4 Å². The van der Waals surface area contributed by atoms with E-state index in [1.165, 1.54) is 11.1 Å². The lowest BCUT2D eigenvalue weighted by Crippen LogP contribution is -2.62. The van der Waals surface area contributed by atoms with Gasteiger partial charge in [0.1, 0.15) is 30.6 Å². The van der Waals surface area contributed by atoms with Gasteiger partial charge in [0, 0.05) is 31.8 Å². The first-order valence-electron chi connectivity index (χ1n) is 10.7. The molecule has 0 aromatic heterocycles. The lowest BCUT2D eigenvalue weighted by atomic mass is 9.85. The van der Waals surface area contributed by atoms with Crippen molar-refractivity contribution in [1.29, 1.82) is 0 Å². The highest BCUT2D eigenvalue weighted by Crippen LogP contribution is 2.38. The van der Waals surface area contributed by atoms with E-state index in [0.717, 1.165) is 31.4 Å². The second kappa shape index (κ2) is 7.86. The highest BCUT2D eigenvalue weighted by Gasteiger charge is 2.53. The van der Waals surface area contributed by atoms with Crippen molar-refractivity contribution >= 4 is 0 Å².